The third-order valence-corrected chi connectivity index (χ3v) is 3.68. The second-order valence-electron chi connectivity index (χ2n) is 5.35. The van der Waals surface area contributed by atoms with E-state index in [1.165, 1.54) is 5.56 Å². The molecule has 0 heterocycles. The second-order valence-corrected chi connectivity index (χ2v) is 6.99. The maximum absolute atomic E-state index is 10.7. The number of hydrogen-bond donors (Lipinski definition) is 0. The van der Waals surface area contributed by atoms with E-state index in [9.17, 15) is 8.42 Å². The van der Waals surface area contributed by atoms with Crippen LogP contribution >= 0.6 is 0 Å². The zero-order valence-corrected chi connectivity index (χ0v) is 15.1. The summed E-state index contributed by atoms with van der Waals surface area (Å²) in [6.07, 6.45) is 4.10. The molecule has 0 saturated heterocycles. The molecule has 0 bridgehead atoms. The summed E-state index contributed by atoms with van der Waals surface area (Å²) < 4.78 is 42.2. The van der Waals surface area contributed by atoms with Crippen LogP contribution in [0.3, 0.4) is 0 Å². The number of ether oxygens (including phenoxy) is 3. The van der Waals surface area contributed by atoms with Gasteiger partial charge in [-0.3, -0.25) is 4.18 Å². The first-order valence-corrected chi connectivity index (χ1v) is 10.0. The van der Waals surface area contributed by atoms with Gasteiger partial charge in [0.1, 0.15) is 0 Å². The van der Waals surface area contributed by atoms with Gasteiger partial charge in [-0.1, -0.05) is 30.3 Å². The highest BCUT2D eigenvalue weighted by atomic mass is 32.2. The molecule has 6 nitrogen and oxygen atoms in total. The molecule has 1 aromatic carbocycles. The molecular formula is C17H28O6S. The summed E-state index contributed by atoms with van der Waals surface area (Å²) in [7, 11) is -3.38. The lowest BCUT2D eigenvalue weighted by Crippen LogP contribution is -2.12. The summed E-state index contributed by atoms with van der Waals surface area (Å²) in [5.41, 5.74) is 1.20. The van der Waals surface area contributed by atoms with E-state index >= 15 is 0 Å². The van der Waals surface area contributed by atoms with Crippen molar-refractivity contribution in [3.05, 3.63) is 35.9 Å². The standard InChI is InChI=1S/C17H28O6S/c1-24(18,19)23-15-14-21-13-12-20-10-6-3-7-11-22-16-17-8-4-2-5-9-17/h2,4-5,8-9H,3,6-7,10-16H2,1H3. The van der Waals surface area contributed by atoms with Gasteiger partial charge in [0.15, 0.2) is 0 Å². The van der Waals surface area contributed by atoms with Crippen LogP contribution in [0.25, 0.3) is 0 Å². The smallest absolute Gasteiger partial charge is 0.264 e. The van der Waals surface area contributed by atoms with Crippen LogP contribution in [0.5, 0.6) is 0 Å². The lowest BCUT2D eigenvalue weighted by Gasteiger charge is -2.06. The Kier molecular flexibility index (Phi) is 11.7. The Morgan fingerprint density at radius 1 is 0.750 bits per heavy atom. The Hall–Kier alpha value is -0.990. The van der Waals surface area contributed by atoms with Crippen LogP contribution in [0, 0.1) is 0 Å². The summed E-state index contributed by atoms with van der Waals surface area (Å²) in [5, 5.41) is 0. The molecule has 0 N–H and O–H groups in total. The number of hydrogen-bond acceptors (Lipinski definition) is 6. The van der Waals surface area contributed by atoms with Gasteiger partial charge < -0.3 is 14.2 Å². The molecule has 0 spiro atoms. The van der Waals surface area contributed by atoms with Crippen LogP contribution in [0.1, 0.15) is 24.8 Å². The molecule has 0 unspecified atom stereocenters. The number of unbranched alkanes of at least 4 members (excludes halogenated alkanes) is 2. The van der Waals surface area contributed by atoms with Crippen molar-refractivity contribution in [3.63, 3.8) is 0 Å². The fourth-order valence-electron chi connectivity index (χ4n) is 1.92. The van der Waals surface area contributed by atoms with E-state index in [1.807, 2.05) is 18.2 Å². The Morgan fingerprint density at radius 2 is 1.33 bits per heavy atom. The molecule has 0 aromatic heterocycles. The van der Waals surface area contributed by atoms with Gasteiger partial charge in [-0.2, -0.15) is 8.42 Å². The maximum atomic E-state index is 10.7. The molecule has 0 atom stereocenters. The van der Waals surface area contributed by atoms with Crippen LogP contribution in [0.4, 0.5) is 0 Å². The molecule has 0 saturated carbocycles. The fourth-order valence-corrected chi connectivity index (χ4v) is 2.29. The summed E-state index contributed by atoms with van der Waals surface area (Å²) in [4.78, 5) is 0. The van der Waals surface area contributed by atoms with Crippen molar-refractivity contribution < 1.29 is 26.8 Å². The first-order chi connectivity index (χ1) is 11.6. The first kappa shape index (κ1) is 21.1. The van der Waals surface area contributed by atoms with E-state index in [2.05, 4.69) is 16.3 Å². The second kappa shape index (κ2) is 13.3. The van der Waals surface area contributed by atoms with Crippen LogP contribution < -0.4 is 0 Å². The van der Waals surface area contributed by atoms with Gasteiger partial charge in [-0.15, -0.1) is 0 Å². The van der Waals surface area contributed by atoms with Gasteiger partial charge in [0, 0.05) is 13.2 Å². The highest BCUT2D eigenvalue weighted by molar-refractivity contribution is 7.85. The molecule has 0 aliphatic carbocycles. The highest BCUT2D eigenvalue weighted by Crippen LogP contribution is 2.02. The van der Waals surface area contributed by atoms with E-state index in [4.69, 9.17) is 14.2 Å². The van der Waals surface area contributed by atoms with Gasteiger partial charge in [-0.05, 0) is 24.8 Å². The quantitative estimate of drug-likeness (QED) is 0.353. The Morgan fingerprint density at radius 3 is 2.00 bits per heavy atom. The average molecular weight is 360 g/mol. The molecule has 0 aliphatic rings. The predicted octanol–water partition coefficient (Wildman–Crippen LogP) is 2.38. The third kappa shape index (κ3) is 13.4. The van der Waals surface area contributed by atoms with Gasteiger partial charge in [0.25, 0.3) is 10.1 Å². The molecule has 0 amide bonds. The minimum absolute atomic E-state index is 0.0435. The minimum Gasteiger partial charge on any atom is -0.379 e. The molecule has 138 valence electrons. The van der Waals surface area contributed by atoms with Gasteiger partial charge >= 0.3 is 0 Å². The van der Waals surface area contributed by atoms with Crippen molar-refractivity contribution in [1.82, 2.24) is 0 Å². The van der Waals surface area contributed by atoms with Crippen LogP contribution in [0.2, 0.25) is 0 Å². The zero-order chi connectivity index (χ0) is 17.5. The maximum Gasteiger partial charge on any atom is 0.264 e. The largest absolute Gasteiger partial charge is 0.379 e. The van der Waals surface area contributed by atoms with Gasteiger partial charge in [0.2, 0.25) is 0 Å². The molecule has 0 fully saturated rings. The van der Waals surface area contributed by atoms with E-state index in [-0.39, 0.29) is 13.2 Å². The van der Waals surface area contributed by atoms with E-state index in [0.717, 1.165) is 32.1 Å². The normalized spacial score (nSPS) is 11.7. The zero-order valence-electron chi connectivity index (χ0n) is 14.3. The minimum atomic E-state index is -3.38. The van der Waals surface area contributed by atoms with Crippen molar-refractivity contribution in [2.24, 2.45) is 0 Å². The molecule has 0 aliphatic heterocycles. The summed E-state index contributed by atoms with van der Waals surface area (Å²) >= 11 is 0. The van der Waals surface area contributed by atoms with Crippen LogP contribution in [-0.2, 0) is 35.1 Å². The third-order valence-electron chi connectivity index (χ3n) is 3.09. The predicted molar refractivity (Wildman–Crippen MR) is 92.4 cm³/mol. The van der Waals surface area contributed by atoms with Crippen molar-refractivity contribution in [2.75, 3.05) is 45.9 Å². The first-order valence-electron chi connectivity index (χ1n) is 8.19. The summed E-state index contributed by atoms with van der Waals surface area (Å²) in [5.74, 6) is 0. The molecular weight excluding hydrogens is 332 g/mol. The topological polar surface area (TPSA) is 71.1 Å². The Balaban J connectivity index is 1.76. The van der Waals surface area contributed by atoms with Crippen molar-refractivity contribution in [2.45, 2.75) is 25.9 Å². The molecule has 24 heavy (non-hydrogen) atoms. The highest BCUT2D eigenvalue weighted by Gasteiger charge is 2.00. The van der Waals surface area contributed by atoms with Crippen molar-refractivity contribution in [3.8, 4) is 0 Å². The monoisotopic (exact) mass is 360 g/mol. The van der Waals surface area contributed by atoms with Crippen LogP contribution in [-0.4, -0.2) is 54.3 Å². The summed E-state index contributed by atoms with van der Waals surface area (Å²) in [6.45, 7) is 3.35. The van der Waals surface area contributed by atoms with Crippen molar-refractivity contribution in [1.29, 1.82) is 0 Å². The molecule has 1 rings (SSSR count). The lowest BCUT2D eigenvalue weighted by molar-refractivity contribution is 0.0353. The molecule has 0 radical (unpaired) electrons. The van der Waals surface area contributed by atoms with E-state index < -0.39 is 10.1 Å². The molecule has 1 aromatic rings. The van der Waals surface area contributed by atoms with Crippen molar-refractivity contribution >= 4 is 10.1 Å². The lowest BCUT2D eigenvalue weighted by atomic mass is 10.2. The molecule has 7 heteroatoms. The number of benzene rings is 1. The van der Waals surface area contributed by atoms with Gasteiger partial charge in [0.05, 0.1) is 39.3 Å². The fraction of sp³-hybridized carbons (Fsp3) is 0.647. The van der Waals surface area contributed by atoms with Crippen LogP contribution in [0.15, 0.2) is 30.3 Å². The summed E-state index contributed by atoms with van der Waals surface area (Å²) in [6, 6.07) is 10.1. The Labute approximate surface area is 145 Å². The average Bonchev–Trinajstić information content (AvgIpc) is 2.55. The van der Waals surface area contributed by atoms with E-state index in [0.29, 0.717) is 26.4 Å². The number of rotatable bonds is 15. The SMILES string of the molecule is CS(=O)(=O)OCCOCCOCCCCCOCc1ccccc1. The van der Waals surface area contributed by atoms with Gasteiger partial charge in [-0.25, -0.2) is 0 Å². The van der Waals surface area contributed by atoms with E-state index in [1.54, 1.807) is 0 Å². The Bertz CT molecular complexity index is 503.